The van der Waals surface area contributed by atoms with E-state index in [-0.39, 0.29) is 18.7 Å². The molecule has 20 heavy (non-hydrogen) atoms. The van der Waals surface area contributed by atoms with Gasteiger partial charge in [0, 0.05) is 18.4 Å². The molecule has 2 heterocycles. The first-order chi connectivity index (χ1) is 9.58. The first-order valence-corrected chi connectivity index (χ1v) is 6.23. The molecule has 1 amide bonds. The second-order valence-electron chi connectivity index (χ2n) is 4.82. The van der Waals surface area contributed by atoms with Gasteiger partial charge in [0.15, 0.2) is 5.69 Å². The molecule has 0 spiro atoms. The number of aliphatic hydroxyl groups excluding tert-OH is 1. The normalized spacial score (nSPS) is 22.4. The number of nitrogens with one attached hydrogen (secondary N) is 1. The Kier molecular flexibility index (Phi) is 2.90. The number of aromatic amines is 1. The monoisotopic (exact) mass is 275 g/mol. The highest BCUT2D eigenvalue weighted by molar-refractivity contribution is 6.05. The number of likely N-dealkylation sites (tertiary alicyclic amines) is 1. The van der Waals surface area contributed by atoms with Gasteiger partial charge in [0.05, 0.1) is 11.6 Å². The average molecular weight is 275 g/mol. The summed E-state index contributed by atoms with van der Waals surface area (Å²) in [6.07, 6.45) is -0.770. The molecule has 104 valence electrons. The number of H-pyrrole nitrogens is 1. The number of para-hydroxylation sites is 1. The Balaban J connectivity index is 1.98. The number of nitrogens with zero attached hydrogens (tertiary/aromatic N) is 2. The van der Waals surface area contributed by atoms with Crippen molar-refractivity contribution in [2.45, 2.75) is 18.6 Å². The molecule has 1 aliphatic rings. The van der Waals surface area contributed by atoms with Crippen LogP contribution >= 0.6 is 0 Å². The van der Waals surface area contributed by atoms with Crippen LogP contribution < -0.4 is 0 Å². The molecule has 7 heteroatoms. The molecule has 1 aliphatic heterocycles. The zero-order valence-electron chi connectivity index (χ0n) is 10.5. The van der Waals surface area contributed by atoms with Crippen LogP contribution in [0.15, 0.2) is 24.3 Å². The van der Waals surface area contributed by atoms with Crippen molar-refractivity contribution in [2.75, 3.05) is 6.54 Å². The number of fused-ring (bicyclic) bond motifs is 1. The van der Waals surface area contributed by atoms with Gasteiger partial charge < -0.3 is 15.1 Å². The van der Waals surface area contributed by atoms with E-state index < -0.39 is 24.0 Å². The molecule has 1 aromatic carbocycles. The van der Waals surface area contributed by atoms with Crippen molar-refractivity contribution in [3.63, 3.8) is 0 Å². The Hall–Kier alpha value is -2.41. The van der Waals surface area contributed by atoms with E-state index in [0.717, 1.165) is 4.90 Å². The number of aromatic nitrogens is 2. The second kappa shape index (κ2) is 4.61. The smallest absolute Gasteiger partial charge is 0.326 e. The highest BCUT2D eigenvalue weighted by atomic mass is 16.4. The first kappa shape index (κ1) is 12.6. The van der Waals surface area contributed by atoms with E-state index in [9.17, 15) is 14.7 Å². The molecular formula is C13H13N3O4. The van der Waals surface area contributed by atoms with Gasteiger partial charge in [0.25, 0.3) is 5.91 Å². The molecular weight excluding hydrogens is 262 g/mol. The minimum atomic E-state index is -1.12. The van der Waals surface area contributed by atoms with Crippen LogP contribution in [-0.4, -0.2) is 55.9 Å². The van der Waals surface area contributed by atoms with Crippen LogP contribution in [0.4, 0.5) is 0 Å². The third kappa shape index (κ3) is 1.92. The summed E-state index contributed by atoms with van der Waals surface area (Å²) >= 11 is 0. The number of benzene rings is 1. The molecule has 1 saturated heterocycles. The second-order valence-corrected chi connectivity index (χ2v) is 4.82. The predicted octanol–water partition coefficient (Wildman–Crippen LogP) is 0.223. The molecule has 0 aliphatic carbocycles. The summed E-state index contributed by atoms with van der Waals surface area (Å²) in [5.74, 6) is -1.60. The van der Waals surface area contributed by atoms with Gasteiger partial charge in [0.1, 0.15) is 6.04 Å². The van der Waals surface area contributed by atoms with Crippen molar-refractivity contribution in [2.24, 2.45) is 0 Å². The van der Waals surface area contributed by atoms with E-state index in [2.05, 4.69) is 10.2 Å². The van der Waals surface area contributed by atoms with Crippen LogP contribution in [0.25, 0.3) is 10.9 Å². The van der Waals surface area contributed by atoms with Crippen LogP contribution in [0, 0.1) is 0 Å². The number of carbonyl (C=O) groups is 2. The number of carbonyl (C=O) groups excluding carboxylic acids is 1. The molecule has 1 fully saturated rings. The zero-order chi connectivity index (χ0) is 14.3. The summed E-state index contributed by atoms with van der Waals surface area (Å²) in [4.78, 5) is 24.8. The van der Waals surface area contributed by atoms with Crippen molar-refractivity contribution < 1.29 is 19.8 Å². The van der Waals surface area contributed by atoms with Crippen LogP contribution in [-0.2, 0) is 4.79 Å². The SMILES string of the molecule is O=C(O)[C@H]1C[C@@H](O)CN1C(=O)c1n[nH]c2ccccc12. The maximum Gasteiger partial charge on any atom is 0.326 e. The largest absolute Gasteiger partial charge is 0.480 e. The quantitative estimate of drug-likeness (QED) is 0.727. The van der Waals surface area contributed by atoms with Crippen molar-refractivity contribution in [1.82, 2.24) is 15.1 Å². The summed E-state index contributed by atoms with van der Waals surface area (Å²) in [7, 11) is 0. The Labute approximate surface area is 113 Å². The number of aliphatic carboxylic acids is 1. The molecule has 0 radical (unpaired) electrons. The number of aliphatic hydroxyl groups is 1. The topological polar surface area (TPSA) is 107 Å². The molecule has 1 aromatic heterocycles. The van der Waals surface area contributed by atoms with Crippen molar-refractivity contribution in [3.05, 3.63) is 30.0 Å². The number of carboxylic acid groups (broad SMARTS) is 1. The summed E-state index contributed by atoms with van der Waals surface area (Å²) < 4.78 is 0. The maximum absolute atomic E-state index is 12.5. The standard InChI is InChI=1S/C13H13N3O4/c17-7-5-10(13(19)20)16(6-7)12(18)11-8-3-1-2-4-9(8)14-15-11/h1-4,7,10,17H,5-6H2,(H,14,15)(H,19,20)/t7-,10-/m1/s1. The molecule has 3 rings (SSSR count). The van der Waals surface area contributed by atoms with Crippen molar-refractivity contribution in [1.29, 1.82) is 0 Å². The number of amides is 1. The fraction of sp³-hybridized carbons (Fsp3) is 0.308. The Morgan fingerprint density at radius 1 is 1.35 bits per heavy atom. The van der Waals surface area contributed by atoms with E-state index >= 15 is 0 Å². The minimum absolute atomic E-state index is 0.0109. The average Bonchev–Trinajstić information content (AvgIpc) is 3.01. The van der Waals surface area contributed by atoms with Crippen molar-refractivity contribution >= 4 is 22.8 Å². The maximum atomic E-state index is 12.5. The third-order valence-electron chi connectivity index (χ3n) is 3.50. The van der Waals surface area contributed by atoms with Gasteiger partial charge in [-0.3, -0.25) is 9.89 Å². The van der Waals surface area contributed by atoms with Gasteiger partial charge in [-0.15, -0.1) is 0 Å². The minimum Gasteiger partial charge on any atom is -0.480 e. The fourth-order valence-corrected chi connectivity index (χ4v) is 2.53. The van der Waals surface area contributed by atoms with E-state index in [1.54, 1.807) is 18.2 Å². The number of β-amino-alcohol motifs (C(OH)–C–C–N with tert-alkyl or cyclic N) is 1. The van der Waals surface area contributed by atoms with Crippen LogP contribution in [0.2, 0.25) is 0 Å². The lowest BCUT2D eigenvalue weighted by atomic mass is 10.1. The van der Waals surface area contributed by atoms with Gasteiger partial charge in [-0.1, -0.05) is 18.2 Å². The van der Waals surface area contributed by atoms with Gasteiger partial charge in [-0.2, -0.15) is 5.10 Å². The molecule has 7 nitrogen and oxygen atoms in total. The van der Waals surface area contributed by atoms with Gasteiger partial charge >= 0.3 is 5.97 Å². The summed E-state index contributed by atoms with van der Waals surface area (Å²) in [6.45, 7) is 0.0109. The lowest BCUT2D eigenvalue weighted by Gasteiger charge is -2.20. The molecule has 0 unspecified atom stereocenters. The summed E-state index contributed by atoms with van der Waals surface area (Å²) in [5.41, 5.74) is 0.892. The van der Waals surface area contributed by atoms with Crippen molar-refractivity contribution in [3.8, 4) is 0 Å². The number of hydrogen-bond donors (Lipinski definition) is 3. The summed E-state index contributed by atoms with van der Waals surface area (Å²) in [5, 5.41) is 26.1. The Bertz CT molecular complexity index is 681. The molecule has 0 saturated carbocycles. The number of carboxylic acids is 1. The van der Waals surface area contributed by atoms with E-state index in [1.165, 1.54) is 0 Å². The molecule has 3 N–H and O–H groups in total. The first-order valence-electron chi connectivity index (χ1n) is 6.23. The van der Waals surface area contributed by atoms with E-state index in [1.807, 2.05) is 6.07 Å². The molecule has 2 aromatic rings. The van der Waals surface area contributed by atoms with Gasteiger partial charge in [-0.25, -0.2) is 4.79 Å². The highest BCUT2D eigenvalue weighted by Gasteiger charge is 2.40. The van der Waals surface area contributed by atoms with E-state index in [4.69, 9.17) is 5.11 Å². The van der Waals surface area contributed by atoms with Gasteiger partial charge in [-0.05, 0) is 6.07 Å². The third-order valence-corrected chi connectivity index (χ3v) is 3.50. The van der Waals surface area contributed by atoms with Crippen LogP contribution in [0.1, 0.15) is 16.9 Å². The number of rotatable bonds is 2. The zero-order valence-corrected chi connectivity index (χ0v) is 10.5. The fourth-order valence-electron chi connectivity index (χ4n) is 2.53. The van der Waals surface area contributed by atoms with E-state index in [0.29, 0.717) is 10.9 Å². The lowest BCUT2D eigenvalue weighted by molar-refractivity contribution is -0.141. The van der Waals surface area contributed by atoms with Gasteiger partial charge in [0.2, 0.25) is 0 Å². The Morgan fingerprint density at radius 3 is 2.85 bits per heavy atom. The van der Waals surface area contributed by atoms with Crippen LogP contribution in [0.3, 0.4) is 0 Å². The predicted molar refractivity (Wildman–Crippen MR) is 69.2 cm³/mol. The highest BCUT2D eigenvalue weighted by Crippen LogP contribution is 2.23. The Morgan fingerprint density at radius 2 is 2.10 bits per heavy atom. The lowest BCUT2D eigenvalue weighted by Crippen LogP contribution is -2.40. The summed E-state index contributed by atoms with van der Waals surface area (Å²) in [6, 6.07) is 6.12. The number of hydrogen-bond acceptors (Lipinski definition) is 4. The molecule has 2 atom stereocenters. The van der Waals surface area contributed by atoms with Crippen LogP contribution in [0.5, 0.6) is 0 Å². The molecule has 0 bridgehead atoms.